The summed E-state index contributed by atoms with van der Waals surface area (Å²) in [5, 5.41) is 5.00. The fourth-order valence-electron chi connectivity index (χ4n) is 2.76. The van der Waals surface area contributed by atoms with Gasteiger partial charge in [-0.15, -0.1) is 11.3 Å². The van der Waals surface area contributed by atoms with Gasteiger partial charge < -0.3 is 4.74 Å². The number of anilines is 1. The number of ether oxygens (including phenoxy) is 1. The smallest absolute Gasteiger partial charge is 0.264 e. The molecule has 4 nitrogen and oxygen atoms in total. The highest BCUT2D eigenvalue weighted by atomic mass is 32.1. The molecule has 0 aliphatic carbocycles. The van der Waals surface area contributed by atoms with Gasteiger partial charge in [-0.2, -0.15) is 0 Å². The number of halogens is 1. The molecule has 29 heavy (non-hydrogen) atoms. The Balaban J connectivity index is 1.32. The van der Waals surface area contributed by atoms with E-state index in [9.17, 15) is 9.18 Å². The number of nitrogens with one attached hydrogen (secondary N) is 1. The zero-order valence-electron chi connectivity index (χ0n) is 15.3. The van der Waals surface area contributed by atoms with Crippen LogP contribution >= 0.6 is 11.3 Å². The third-order valence-electron chi connectivity index (χ3n) is 4.22. The minimum absolute atomic E-state index is 0.115. The predicted octanol–water partition coefficient (Wildman–Crippen LogP) is 5.63. The van der Waals surface area contributed by atoms with Crippen LogP contribution in [0.25, 0.3) is 22.4 Å². The first kappa shape index (κ1) is 18.8. The number of rotatable bonds is 6. The summed E-state index contributed by atoms with van der Waals surface area (Å²) in [7, 11) is 0. The summed E-state index contributed by atoms with van der Waals surface area (Å²) >= 11 is 1.31. The number of hydrogen-bond donors (Lipinski definition) is 1. The third-order valence-corrected chi connectivity index (χ3v) is 4.98. The molecule has 0 aliphatic rings. The van der Waals surface area contributed by atoms with E-state index in [0.717, 1.165) is 16.7 Å². The van der Waals surface area contributed by atoms with E-state index < -0.39 is 0 Å². The second-order valence-electron chi connectivity index (χ2n) is 6.27. The van der Waals surface area contributed by atoms with Crippen LogP contribution in [0.1, 0.15) is 0 Å². The van der Waals surface area contributed by atoms with E-state index in [-0.39, 0.29) is 18.3 Å². The average molecular weight is 404 g/mol. The van der Waals surface area contributed by atoms with Crippen molar-refractivity contribution in [2.75, 3.05) is 11.9 Å². The van der Waals surface area contributed by atoms with Crippen LogP contribution in [0.4, 0.5) is 9.52 Å². The summed E-state index contributed by atoms with van der Waals surface area (Å²) in [4.78, 5) is 16.5. The molecule has 0 bridgehead atoms. The number of hydrogen-bond acceptors (Lipinski definition) is 4. The van der Waals surface area contributed by atoms with Crippen molar-refractivity contribution >= 4 is 22.4 Å². The summed E-state index contributed by atoms with van der Waals surface area (Å²) in [5.41, 5.74) is 3.68. The maximum atomic E-state index is 13.0. The second kappa shape index (κ2) is 8.67. The molecule has 1 aromatic heterocycles. The lowest BCUT2D eigenvalue weighted by atomic mass is 10.1. The second-order valence-corrected chi connectivity index (χ2v) is 7.13. The lowest BCUT2D eigenvalue weighted by Gasteiger charge is -2.07. The summed E-state index contributed by atoms with van der Waals surface area (Å²) in [5.74, 6) is 0.0227. The predicted molar refractivity (Wildman–Crippen MR) is 114 cm³/mol. The summed E-state index contributed by atoms with van der Waals surface area (Å²) in [6.45, 7) is -0.115. The average Bonchev–Trinajstić information content (AvgIpc) is 3.22. The summed E-state index contributed by atoms with van der Waals surface area (Å²) in [6, 6.07) is 23.7. The van der Waals surface area contributed by atoms with E-state index in [4.69, 9.17) is 4.74 Å². The van der Waals surface area contributed by atoms with Crippen LogP contribution in [-0.4, -0.2) is 17.5 Å². The van der Waals surface area contributed by atoms with Gasteiger partial charge in [-0.05, 0) is 47.5 Å². The van der Waals surface area contributed by atoms with Crippen molar-refractivity contribution in [1.82, 2.24) is 4.98 Å². The Morgan fingerprint density at radius 3 is 2.28 bits per heavy atom. The molecule has 0 spiro atoms. The molecule has 1 N–H and O–H groups in total. The van der Waals surface area contributed by atoms with Crippen LogP contribution in [0.15, 0.2) is 84.2 Å². The highest BCUT2D eigenvalue weighted by Gasteiger charge is 2.09. The maximum Gasteiger partial charge on any atom is 0.264 e. The minimum atomic E-state index is -0.300. The van der Waals surface area contributed by atoms with Gasteiger partial charge in [0.15, 0.2) is 11.7 Å². The zero-order valence-corrected chi connectivity index (χ0v) is 16.2. The van der Waals surface area contributed by atoms with E-state index in [0.29, 0.717) is 16.6 Å². The Morgan fingerprint density at radius 1 is 0.897 bits per heavy atom. The standard InChI is InChI=1S/C23H17FN2O2S/c24-19-10-6-18(7-11-19)21-15-29-23(25-21)26-22(27)14-28-20-12-8-17(9-13-20)16-4-2-1-3-5-16/h1-13,15H,14H2,(H,25,26,27). The van der Waals surface area contributed by atoms with Gasteiger partial charge in [0.05, 0.1) is 5.69 Å². The number of thiazole rings is 1. The van der Waals surface area contributed by atoms with Crippen molar-refractivity contribution in [2.24, 2.45) is 0 Å². The Hall–Kier alpha value is -3.51. The minimum Gasteiger partial charge on any atom is -0.484 e. The molecule has 144 valence electrons. The largest absolute Gasteiger partial charge is 0.484 e. The van der Waals surface area contributed by atoms with Gasteiger partial charge in [-0.25, -0.2) is 9.37 Å². The van der Waals surface area contributed by atoms with Crippen molar-refractivity contribution in [3.05, 3.63) is 90.1 Å². The SMILES string of the molecule is O=C(COc1ccc(-c2ccccc2)cc1)Nc1nc(-c2ccc(F)cc2)cs1. The monoisotopic (exact) mass is 404 g/mol. The number of carbonyl (C=O) groups excluding carboxylic acids is 1. The van der Waals surface area contributed by atoms with Crippen LogP contribution in [0.2, 0.25) is 0 Å². The molecule has 1 heterocycles. The van der Waals surface area contributed by atoms with E-state index in [2.05, 4.69) is 10.3 Å². The van der Waals surface area contributed by atoms with Crippen molar-refractivity contribution in [2.45, 2.75) is 0 Å². The van der Waals surface area contributed by atoms with Crippen LogP contribution in [-0.2, 0) is 4.79 Å². The van der Waals surface area contributed by atoms with Gasteiger partial charge in [0.1, 0.15) is 11.6 Å². The number of nitrogens with zero attached hydrogens (tertiary/aromatic N) is 1. The topological polar surface area (TPSA) is 51.2 Å². The number of carbonyl (C=O) groups is 1. The van der Waals surface area contributed by atoms with Crippen LogP contribution in [0, 0.1) is 5.82 Å². The van der Waals surface area contributed by atoms with E-state index in [1.165, 1.54) is 23.5 Å². The molecule has 0 aliphatic heterocycles. The van der Waals surface area contributed by atoms with Gasteiger partial charge in [0.2, 0.25) is 0 Å². The molecule has 3 aromatic carbocycles. The van der Waals surface area contributed by atoms with Gasteiger partial charge in [-0.1, -0.05) is 42.5 Å². The van der Waals surface area contributed by atoms with Crippen molar-refractivity contribution in [1.29, 1.82) is 0 Å². The van der Waals surface area contributed by atoms with Gasteiger partial charge >= 0.3 is 0 Å². The first-order chi connectivity index (χ1) is 14.2. The highest BCUT2D eigenvalue weighted by molar-refractivity contribution is 7.14. The normalized spacial score (nSPS) is 10.5. The van der Waals surface area contributed by atoms with Crippen LogP contribution in [0.3, 0.4) is 0 Å². The van der Waals surface area contributed by atoms with E-state index in [1.54, 1.807) is 12.1 Å². The number of amides is 1. The quantitative estimate of drug-likeness (QED) is 0.453. The molecule has 0 radical (unpaired) electrons. The molecule has 4 rings (SSSR count). The summed E-state index contributed by atoms with van der Waals surface area (Å²) in [6.07, 6.45) is 0. The first-order valence-electron chi connectivity index (χ1n) is 8.97. The van der Waals surface area contributed by atoms with Crippen molar-refractivity contribution in [3.8, 4) is 28.1 Å². The molecule has 4 aromatic rings. The van der Waals surface area contributed by atoms with Gasteiger partial charge in [-0.3, -0.25) is 10.1 Å². The third kappa shape index (κ3) is 4.86. The zero-order chi connectivity index (χ0) is 20.1. The van der Waals surface area contributed by atoms with Gasteiger partial charge in [0, 0.05) is 10.9 Å². The van der Waals surface area contributed by atoms with Crippen molar-refractivity contribution < 1.29 is 13.9 Å². The summed E-state index contributed by atoms with van der Waals surface area (Å²) < 4.78 is 18.6. The van der Waals surface area contributed by atoms with E-state index in [1.807, 2.05) is 60.0 Å². The maximum absolute atomic E-state index is 13.0. The Morgan fingerprint density at radius 2 is 1.55 bits per heavy atom. The van der Waals surface area contributed by atoms with Crippen molar-refractivity contribution in [3.63, 3.8) is 0 Å². The highest BCUT2D eigenvalue weighted by Crippen LogP contribution is 2.25. The molecule has 6 heteroatoms. The van der Waals surface area contributed by atoms with Crippen LogP contribution in [0.5, 0.6) is 5.75 Å². The van der Waals surface area contributed by atoms with E-state index >= 15 is 0 Å². The molecular weight excluding hydrogens is 387 g/mol. The molecular formula is C23H17FN2O2S. The van der Waals surface area contributed by atoms with Gasteiger partial charge in [0.25, 0.3) is 5.91 Å². The number of aromatic nitrogens is 1. The molecule has 1 amide bonds. The fourth-order valence-corrected chi connectivity index (χ4v) is 3.50. The van der Waals surface area contributed by atoms with Crippen LogP contribution < -0.4 is 10.1 Å². The molecule has 0 saturated heterocycles. The first-order valence-corrected chi connectivity index (χ1v) is 9.85. The Bertz CT molecular complexity index is 1090. The lowest BCUT2D eigenvalue weighted by Crippen LogP contribution is -2.20. The molecule has 0 unspecified atom stereocenters. The molecule has 0 saturated carbocycles. The molecule has 0 fully saturated rings. The number of benzene rings is 3. The Labute approximate surface area is 171 Å². The fraction of sp³-hybridized carbons (Fsp3) is 0.0435. The lowest BCUT2D eigenvalue weighted by molar-refractivity contribution is -0.118. The molecule has 0 atom stereocenters. The Kier molecular flexibility index (Phi) is 5.63.